The van der Waals surface area contributed by atoms with E-state index in [0.29, 0.717) is 5.92 Å². The van der Waals surface area contributed by atoms with Gasteiger partial charge in [0, 0.05) is 13.6 Å². The van der Waals surface area contributed by atoms with Gasteiger partial charge >= 0.3 is 0 Å². The standard InChI is InChI=1S/C13H26N2O/c1-4-5-9-15(3)12(16)13(14)8-6-7-11(2)10-13/h11H,4-10,14H2,1-3H3. The summed E-state index contributed by atoms with van der Waals surface area (Å²) in [6, 6.07) is 0. The average Bonchev–Trinajstić information content (AvgIpc) is 2.24. The highest BCUT2D eigenvalue weighted by molar-refractivity contribution is 5.86. The van der Waals surface area contributed by atoms with Gasteiger partial charge in [0.05, 0.1) is 5.54 Å². The summed E-state index contributed by atoms with van der Waals surface area (Å²) in [6.07, 6.45) is 6.18. The number of hydrogen-bond acceptors (Lipinski definition) is 2. The van der Waals surface area contributed by atoms with Crippen LogP contribution in [0.1, 0.15) is 52.4 Å². The maximum atomic E-state index is 12.3. The zero-order valence-corrected chi connectivity index (χ0v) is 11.0. The number of likely N-dealkylation sites (N-methyl/N-ethyl adjacent to an activating group) is 1. The topological polar surface area (TPSA) is 46.3 Å². The number of nitrogens with two attached hydrogens (primary N) is 1. The van der Waals surface area contributed by atoms with Gasteiger partial charge in [0.1, 0.15) is 0 Å². The van der Waals surface area contributed by atoms with E-state index in [1.165, 1.54) is 6.42 Å². The summed E-state index contributed by atoms with van der Waals surface area (Å²) in [4.78, 5) is 14.1. The monoisotopic (exact) mass is 226 g/mol. The lowest BCUT2D eigenvalue weighted by Gasteiger charge is -2.38. The van der Waals surface area contributed by atoms with Crippen LogP contribution in [0.3, 0.4) is 0 Å². The third-order valence-corrected chi connectivity index (χ3v) is 3.65. The molecule has 0 aromatic heterocycles. The van der Waals surface area contributed by atoms with Gasteiger partial charge in [0.15, 0.2) is 0 Å². The molecule has 0 saturated heterocycles. The third kappa shape index (κ3) is 3.21. The van der Waals surface area contributed by atoms with E-state index in [9.17, 15) is 4.79 Å². The summed E-state index contributed by atoms with van der Waals surface area (Å²) < 4.78 is 0. The Bertz CT molecular complexity index is 242. The Morgan fingerprint density at radius 3 is 2.81 bits per heavy atom. The molecule has 1 amide bonds. The number of nitrogens with zero attached hydrogens (tertiary/aromatic N) is 1. The fraction of sp³-hybridized carbons (Fsp3) is 0.923. The van der Waals surface area contributed by atoms with Gasteiger partial charge in [-0.2, -0.15) is 0 Å². The summed E-state index contributed by atoms with van der Waals surface area (Å²) in [5.41, 5.74) is 5.69. The molecule has 1 rings (SSSR count). The highest BCUT2D eigenvalue weighted by atomic mass is 16.2. The smallest absolute Gasteiger partial charge is 0.242 e. The SMILES string of the molecule is CCCCN(C)C(=O)C1(N)CCCC(C)C1. The Labute approximate surface area is 99.4 Å². The molecule has 1 aliphatic carbocycles. The molecule has 0 aliphatic heterocycles. The van der Waals surface area contributed by atoms with Crippen LogP contribution in [0.25, 0.3) is 0 Å². The van der Waals surface area contributed by atoms with E-state index in [1.54, 1.807) is 0 Å². The van der Waals surface area contributed by atoms with Gasteiger partial charge in [0.25, 0.3) is 0 Å². The van der Waals surface area contributed by atoms with Crippen LogP contribution in [-0.4, -0.2) is 29.9 Å². The maximum absolute atomic E-state index is 12.3. The van der Waals surface area contributed by atoms with Crippen molar-refractivity contribution in [2.24, 2.45) is 11.7 Å². The molecule has 2 unspecified atom stereocenters. The van der Waals surface area contributed by atoms with Crippen molar-refractivity contribution in [2.75, 3.05) is 13.6 Å². The van der Waals surface area contributed by atoms with E-state index in [1.807, 2.05) is 11.9 Å². The zero-order chi connectivity index (χ0) is 12.2. The van der Waals surface area contributed by atoms with E-state index in [4.69, 9.17) is 5.73 Å². The number of unbranched alkanes of at least 4 members (excludes halogenated alkanes) is 1. The van der Waals surface area contributed by atoms with Gasteiger partial charge in [0.2, 0.25) is 5.91 Å². The first kappa shape index (κ1) is 13.5. The van der Waals surface area contributed by atoms with E-state index in [2.05, 4.69) is 13.8 Å². The molecule has 1 fully saturated rings. The van der Waals surface area contributed by atoms with Crippen molar-refractivity contribution < 1.29 is 4.79 Å². The fourth-order valence-corrected chi connectivity index (χ4v) is 2.66. The van der Waals surface area contributed by atoms with Crippen molar-refractivity contribution in [3.8, 4) is 0 Å². The maximum Gasteiger partial charge on any atom is 0.242 e. The van der Waals surface area contributed by atoms with Crippen LogP contribution in [0.5, 0.6) is 0 Å². The molecule has 2 atom stereocenters. The number of carbonyl (C=O) groups is 1. The van der Waals surface area contributed by atoms with Gasteiger partial charge in [-0.05, 0) is 25.2 Å². The molecule has 16 heavy (non-hydrogen) atoms. The van der Waals surface area contributed by atoms with Gasteiger partial charge in [-0.3, -0.25) is 4.79 Å². The van der Waals surface area contributed by atoms with Gasteiger partial charge < -0.3 is 10.6 Å². The fourth-order valence-electron chi connectivity index (χ4n) is 2.66. The lowest BCUT2D eigenvalue weighted by atomic mass is 9.76. The molecule has 0 aromatic carbocycles. The second-order valence-electron chi connectivity index (χ2n) is 5.44. The van der Waals surface area contributed by atoms with Crippen molar-refractivity contribution in [1.82, 2.24) is 4.90 Å². The van der Waals surface area contributed by atoms with Crippen molar-refractivity contribution in [1.29, 1.82) is 0 Å². The molecule has 1 aliphatic rings. The Morgan fingerprint density at radius 1 is 1.56 bits per heavy atom. The normalized spacial score (nSPS) is 30.1. The van der Waals surface area contributed by atoms with Crippen LogP contribution in [0, 0.1) is 5.92 Å². The second-order valence-corrected chi connectivity index (χ2v) is 5.44. The highest BCUT2D eigenvalue weighted by Crippen LogP contribution is 2.31. The molecule has 3 heteroatoms. The predicted octanol–water partition coefficient (Wildman–Crippen LogP) is 2.15. The van der Waals surface area contributed by atoms with Gasteiger partial charge in [-0.15, -0.1) is 0 Å². The molecular weight excluding hydrogens is 200 g/mol. The number of rotatable bonds is 4. The van der Waals surface area contributed by atoms with E-state index >= 15 is 0 Å². The predicted molar refractivity (Wildman–Crippen MR) is 67.1 cm³/mol. The molecule has 1 saturated carbocycles. The lowest BCUT2D eigenvalue weighted by molar-refractivity contribution is -0.137. The number of carbonyl (C=O) groups excluding carboxylic acids is 1. The molecule has 94 valence electrons. The first-order chi connectivity index (χ1) is 7.49. The number of amides is 1. The van der Waals surface area contributed by atoms with E-state index in [0.717, 1.165) is 38.6 Å². The van der Waals surface area contributed by atoms with Crippen LogP contribution in [0.2, 0.25) is 0 Å². The minimum absolute atomic E-state index is 0.146. The van der Waals surface area contributed by atoms with Crippen molar-refractivity contribution in [3.05, 3.63) is 0 Å². The summed E-state index contributed by atoms with van der Waals surface area (Å²) in [5.74, 6) is 0.731. The lowest BCUT2D eigenvalue weighted by Crippen LogP contribution is -2.56. The first-order valence-corrected chi connectivity index (χ1v) is 6.54. The molecule has 0 spiro atoms. The zero-order valence-electron chi connectivity index (χ0n) is 11.0. The number of hydrogen-bond donors (Lipinski definition) is 1. The summed E-state index contributed by atoms with van der Waals surface area (Å²) in [6.45, 7) is 5.17. The molecule has 3 nitrogen and oxygen atoms in total. The van der Waals surface area contributed by atoms with E-state index < -0.39 is 5.54 Å². The van der Waals surface area contributed by atoms with Gasteiger partial charge in [-0.1, -0.05) is 33.1 Å². The molecule has 0 heterocycles. The van der Waals surface area contributed by atoms with Crippen LogP contribution >= 0.6 is 0 Å². The summed E-state index contributed by atoms with van der Waals surface area (Å²) in [5, 5.41) is 0. The van der Waals surface area contributed by atoms with E-state index in [-0.39, 0.29) is 5.91 Å². The van der Waals surface area contributed by atoms with Crippen molar-refractivity contribution in [2.45, 2.75) is 57.9 Å². The second kappa shape index (κ2) is 5.67. The minimum Gasteiger partial charge on any atom is -0.344 e. The average molecular weight is 226 g/mol. The quantitative estimate of drug-likeness (QED) is 0.798. The van der Waals surface area contributed by atoms with Crippen molar-refractivity contribution in [3.63, 3.8) is 0 Å². The van der Waals surface area contributed by atoms with Crippen LogP contribution in [-0.2, 0) is 4.79 Å². The highest BCUT2D eigenvalue weighted by Gasteiger charge is 2.39. The van der Waals surface area contributed by atoms with Gasteiger partial charge in [-0.25, -0.2) is 0 Å². The largest absolute Gasteiger partial charge is 0.344 e. The molecule has 0 aromatic rings. The Kier molecular flexibility index (Phi) is 4.78. The molecule has 0 bridgehead atoms. The van der Waals surface area contributed by atoms with Crippen LogP contribution in [0.4, 0.5) is 0 Å². The minimum atomic E-state index is -0.583. The van der Waals surface area contributed by atoms with Crippen LogP contribution in [0.15, 0.2) is 0 Å². The summed E-state index contributed by atoms with van der Waals surface area (Å²) >= 11 is 0. The Hall–Kier alpha value is -0.570. The van der Waals surface area contributed by atoms with Crippen molar-refractivity contribution >= 4 is 5.91 Å². The third-order valence-electron chi connectivity index (χ3n) is 3.65. The Morgan fingerprint density at radius 2 is 2.25 bits per heavy atom. The Balaban J connectivity index is 2.56. The molecule has 0 radical (unpaired) electrons. The molecule has 2 N–H and O–H groups in total. The first-order valence-electron chi connectivity index (χ1n) is 6.54. The summed E-state index contributed by atoms with van der Waals surface area (Å²) in [7, 11) is 1.88. The molecular formula is C13H26N2O. The van der Waals surface area contributed by atoms with Crippen LogP contribution < -0.4 is 5.73 Å².